The zero-order valence-corrected chi connectivity index (χ0v) is 8.69. The number of hydrogen-bond acceptors (Lipinski definition) is 2. The van der Waals surface area contributed by atoms with Crippen LogP contribution < -0.4 is 0 Å². The van der Waals surface area contributed by atoms with Crippen LogP contribution in [0.15, 0.2) is 35.1 Å². The van der Waals surface area contributed by atoms with Gasteiger partial charge in [-0.15, -0.1) is 5.10 Å². The quantitative estimate of drug-likeness (QED) is 0.763. The van der Waals surface area contributed by atoms with Gasteiger partial charge in [0.15, 0.2) is 0 Å². The molecule has 0 bridgehead atoms. The molecule has 66 valence electrons. The van der Waals surface area contributed by atoms with Gasteiger partial charge in [-0.05, 0) is 40.5 Å². The number of nitrogens with zero attached hydrogens (tertiary/aromatic N) is 3. The highest BCUT2D eigenvalue weighted by Gasteiger charge is 2.01. The molecule has 1 aromatic heterocycles. The number of benzene rings is 1. The summed E-state index contributed by atoms with van der Waals surface area (Å²) in [6, 6.07) is 8.10. The van der Waals surface area contributed by atoms with E-state index in [2.05, 4.69) is 32.3 Å². The van der Waals surface area contributed by atoms with Gasteiger partial charge in [0.1, 0.15) is 4.60 Å². The molecule has 2 aromatic rings. The van der Waals surface area contributed by atoms with Gasteiger partial charge in [-0.25, -0.2) is 4.68 Å². The first-order valence-corrected chi connectivity index (χ1v) is 4.70. The first kappa shape index (κ1) is 8.44. The summed E-state index contributed by atoms with van der Waals surface area (Å²) in [5.74, 6) is 0. The standard InChI is InChI=1S/C9H8BrN3/c1-7-3-2-4-8(5-7)13-9(10)6-11-12-13/h2-6H,1H3. The first-order valence-electron chi connectivity index (χ1n) is 3.90. The van der Waals surface area contributed by atoms with E-state index in [-0.39, 0.29) is 0 Å². The topological polar surface area (TPSA) is 30.7 Å². The van der Waals surface area contributed by atoms with Gasteiger partial charge in [0.25, 0.3) is 0 Å². The molecule has 0 atom stereocenters. The summed E-state index contributed by atoms with van der Waals surface area (Å²) in [5.41, 5.74) is 2.23. The summed E-state index contributed by atoms with van der Waals surface area (Å²) in [4.78, 5) is 0. The van der Waals surface area contributed by atoms with Crippen LogP contribution in [0.2, 0.25) is 0 Å². The largest absolute Gasteiger partial charge is 0.206 e. The third-order valence-electron chi connectivity index (χ3n) is 1.75. The lowest BCUT2D eigenvalue weighted by Crippen LogP contribution is -1.96. The summed E-state index contributed by atoms with van der Waals surface area (Å²) in [6.45, 7) is 2.05. The molecule has 0 spiro atoms. The van der Waals surface area contributed by atoms with E-state index >= 15 is 0 Å². The SMILES string of the molecule is Cc1cccc(-n2nncc2Br)c1. The van der Waals surface area contributed by atoms with Crippen molar-refractivity contribution < 1.29 is 0 Å². The fraction of sp³-hybridized carbons (Fsp3) is 0.111. The Hall–Kier alpha value is -1.16. The van der Waals surface area contributed by atoms with E-state index in [0.29, 0.717) is 0 Å². The second-order valence-electron chi connectivity index (χ2n) is 2.81. The lowest BCUT2D eigenvalue weighted by Gasteiger charge is -2.01. The van der Waals surface area contributed by atoms with Crippen LogP contribution >= 0.6 is 15.9 Å². The molecule has 0 radical (unpaired) electrons. The maximum Gasteiger partial charge on any atom is 0.130 e. The molecule has 0 saturated carbocycles. The number of hydrogen-bond donors (Lipinski definition) is 0. The van der Waals surface area contributed by atoms with Crippen molar-refractivity contribution in [1.82, 2.24) is 15.0 Å². The predicted molar refractivity (Wildman–Crippen MR) is 53.8 cm³/mol. The maximum absolute atomic E-state index is 3.95. The van der Waals surface area contributed by atoms with Gasteiger partial charge in [-0.1, -0.05) is 17.3 Å². The minimum Gasteiger partial charge on any atom is -0.206 e. The molecule has 0 aliphatic rings. The Morgan fingerprint density at radius 2 is 2.23 bits per heavy atom. The van der Waals surface area contributed by atoms with E-state index in [1.807, 2.05) is 25.1 Å². The minimum atomic E-state index is 0.859. The van der Waals surface area contributed by atoms with Gasteiger partial charge in [0.2, 0.25) is 0 Å². The molecule has 0 saturated heterocycles. The molecule has 3 nitrogen and oxygen atoms in total. The second-order valence-corrected chi connectivity index (χ2v) is 3.62. The van der Waals surface area contributed by atoms with Crippen molar-refractivity contribution in [2.45, 2.75) is 6.92 Å². The third kappa shape index (κ3) is 1.62. The van der Waals surface area contributed by atoms with E-state index in [4.69, 9.17) is 0 Å². The van der Waals surface area contributed by atoms with Crippen molar-refractivity contribution in [3.63, 3.8) is 0 Å². The summed E-state index contributed by atoms with van der Waals surface area (Å²) in [5, 5.41) is 7.74. The molecule has 0 aliphatic carbocycles. The van der Waals surface area contributed by atoms with Crippen LogP contribution in [-0.2, 0) is 0 Å². The molecule has 13 heavy (non-hydrogen) atoms. The summed E-state index contributed by atoms with van der Waals surface area (Å²) >= 11 is 3.37. The van der Waals surface area contributed by atoms with Gasteiger partial charge >= 0.3 is 0 Å². The summed E-state index contributed by atoms with van der Waals surface area (Å²) in [6.07, 6.45) is 1.67. The second kappa shape index (κ2) is 3.30. The molecule has 0 unspecified atom stereocenters. The van der Waals surface area contributed by atoms with Crippen molar-refractivity contribution in [2.24, 2.45) is 0 Å². The van der Waals surface area contributed by atoms with Gasteiger partial charge in [-0.3, -0.25) is 0 Å². The lowest BCUT2D eigenvalue weighted by molar-refractivity contribution is 0.791. The highest BCUT2D eigenvalue weighted by molar-refractivity contribution is 9.10. The highest BCUT2D eigenvalue weighted by Crippen LogP contribution is 2.14. The minimum absolute atomic E-state index is 0.859. The van der Waals surface area contributed by atoms with E-state index in [9.17, 15) is 0 Å². The third-order valence-corrected chi connectivity index (χ3v) is 2.29. The average Bonchev–Trinajstić information content (AvgIpc) is 2.51. The number of rotatable bonds is 1. The molecular formula is C9H8BrN3. The number of aryl methyl sites for hydroxylation is 1. The van der Waals surface area contributed by atoms with E-state index in [1.54, 1.807) is 10.9 Å². The summed E-state index contributed by atoms with van der Waals surface area (Å²) in [7, 11) is 0. The molecule has 0 N–H and O–H groups in total. The van der Waals surface area contributed by atoms with Crippen molar-refractivity contribution >= 4 is 15.9 Å². The van der Waals surface area contributed by atoms with Crippen molar-refractivity contribution in [3.8, 4) is 5.69 Å². The monoisotopic (exact) mass is 237 g/mol. The zero-order valence-electron chi connectivity index (χ0n) is 7.11. The zero-order chi connectivity index (χ0) is 9.26. The Bertz CT molecular complexity index is 422. The Morgan fingerprint density at radius 1 is 1.38 bits per heavy atom. The van der Waals surface area contributed by atoms with E-state index < -0.39 is 0 Å². The highest BCUT2D eigenvalue weighted by atomic mass is 79.9. The van der Waals surface area contributed by atoms with Crippen molar-refractivity contribution in [3.05, 3.63) is 40.6 Å². The fourth-order valence-electron chi connectivity index (χ4n) is 1.16. The lowest BCUT2D eigenvalue weighted by atomic mass is 10.2. The molecule has 2 rings (SSSR count). The van der Waals surface area contributed by atoms with Gasteiger partial charge in [0, 0.05) is 0 Å². The Labute approximate surface area is 84.5 Å². The van der Waals surface area contributed by atoms with Crippen molar-refractivity contribution in [2.75, 3.05) is 0 Å². The van der Waals surface area contributed by atoms with Crippen LogP contribution in [0.25, 0.3) is 5.69 Å². The van der Waals surface area contributed by atoms with Crippen LogP contribution in [0.1, 0.15) is 5.56 Å². The van der Waals surface area contributed by atoms with Gasteiger partial charge in [-0.2, -0.15) is 0 Å². The normalized spacial score (nSPS) is 10.3. The van der Waals surface area contributed by atoms with Crippen molar-refractivity contribution in [1.29, 1.82) is 0 Å². The van der Waals surface area contributed by atoms with Gasteiger partial charge in [0.05, 0.1) is 11.9 Å². The predicted octanol–water partition coefficient (Wildman–Crippen LogP) is 2.34. The maximum atomic E-state index is 3.95. The summed E-state index contributed by atoms with van der Waals surface area (Å²) < 4.78 is 2.60. The molecule has 1 aromatic carbocycles. The molecule has 0 aliphatic heterocycles. The Kier molecular flexibility index (Phi) is 2.14. The fourth-order valence-corrected chi connectivity index (χ4v) is 1.52. The van der Waals surface area contributed by atoms with Crippen LogP contribution in [-0.4, -0.2) is 15.0 Å². The van der Waals surface area contributed by atoms with Crippen LogP contribution in [0.5, 0.6) is 0 Å². The Balaban J connectivity index is 2.53. The van der Waals surface area contributed by atoms with E-state index in [1.165, 1.54) is 5.56 Å². The molecule has 4 heteroatoms. The average molecular weight is 238 g/mol. The van der Waals surface area contributed by atoms with E-state index in [0.717, 1.165) is 10.3 Å². The van der Waals surface area contributed by atoms with Crippen LogP contribution in [0.3, 0.4) is 0 Å². The molecule has 1 heterocycles. The number of aromatic nitrogens is 3. The van der Waals surface area contributed by atoms with Gasteiger partial charge < -0.3 is 0 Å². The molecule has 0 amide bonds. The van der Waals surface area contributed by atoms with Crippen LogP contribution in [0.4, 0.5) is 0 Å². The molecule has 0 fully saturated rings. The Morgan fingerprint density at radius 3 is 2.85 bits per heavy atom. The smallest absolute Gasteiger partial charge is 0.130 e. The first-order chi connectivity index (χ1) is 6.27. The van der Waals surface area contributed by atoms with Crippen LogP contribution in [0, 0.1) is 6.92 Å². The number of halogens is 1. The molecular weight excluding hydrogens is 230 g/mol.